The average Bonchev–Trinajstić information content (AvgIpc) is 3.32. The highest BCUT2D eigenvalue weighted by Gasteiger charge is 2.27. The molecule has 2 saturated heterocycles. The van der Waals surface area contributed by atoms with Crippen LogP contribution >= 0.6 is 35.3 Å². The molecule has 5 nitrogen and oxygen atoms in total. The van der Waals surface area contributed by atoms with Crippen molar-refractivity contribution in [1.29, 1.82) is 0 Å². The quantitative estimate of drug-likeness (QED) is 0.351. The molecule has 2 atom stereocenters. The number of halogens is 1. The molecule has 2 aliphatic rings. The van der Waals surface area contributed by atoms with Crippen molar-refractivity contribution in [2.24, 2.45) is 16.8 Å². The normalized spacial score (nSPS) is 22.5. The molecule has 0 spiro atoms. The summed E-state index contributed by atoms with van der Waals surface area (Å²) >= 11 is 1.85. The lowest BCUT2D eigenvalue weighted by Gasteiger charge is -2.29. The van der Waals surface area contributed by atoms with E-state index in [2.05, 4.69) is 46.5 Å². The summed E-state index contributed by atoms with van der Waals surface area (Å²) in [5, 5.41) is 5.67. The molecule has 0 saturated carbocycles. The number of morpholine rings is 1. The lowest BCUT2D eigenvalue weighted by molar-refractivity contribution is 0.0315. The van der Waals surface area contributed by atoms with Crippen LogP contribution in [0.3, 0.4) is 0 Å². The minimum atomic E-state index is 0. The largest absolute Gasteiger partial charge is 0.379 e. The fourth-order valence-electron chi connectivity index (χ4n) is 3.83. The van der Waals surface area contributed by atoms with E-state index >= 15 is 0 Å². The average molecular weight is 506 g/mol. The second kappa shape index (κ2) is 12.2. The number of thiophene rings is 1. The first-order valence-corrected chi connectivity index (χ1v) is 11.0. The maximum Gasteiger partial charge on any atom is 0.193 e. The smallest absolute Gasteiger partial charge is 0.193 e. The number of nitrogens with one attached hydrogen (secondary N) is 1. The van der Waals surface area contributed by atoms with Crippen molar-refractivity contribution in [3.8, 4) is 0 Å². The maximum absolute atomic E-state index is 5.47. The fourth-order valence-corrected chi connectivity index (χ4v) is 4.70. The molecule has 7 heteroatoms. The minimum Gasteiger partial charge on any atom is -0.379 e. The number of nitrogens with zero attached hydrogens (tertiary/aromatic N) is 3. The van der Waals surface area contributed by atoms with Gasteiger partial charge < -0.3 is 15.0 Å². The van der Waals surface area contributed by atoms with Gasteiger partial charge in [0.2, 0.25) is 0 Å². The van der Waals surface area contributed by atoms with Gasteiger partial charge in [-0.05, 0) is 43.0 Å². The number of guanidine groups is 1. The van der Waals surface area contributed by atoms with Gasteiger partial charge in [0, 0.05) is 50.7 Å². The molecule has 0 radical (unpaired) electrons. The van der Waals surface area contributed by atoms with Crippen LogP contribution in [-0.4, -0.2) is 74.8 Å². The molecule has 154 valence electrons. The molecule has 0 amide bonds. The Morgan fingerprint density at radius 1 is 1.37 bits per heavy atom. The van der Waals surface area contributed by atoms with Crippen molar-refractivity contribution in [3.63, 3.8) is 0 Å². The summed E-state index contributed by atoms with van der Waals surface area (Å²) in [6.45, 7) is 13.7. The minimum absolute atomic E-state index is 0. The van der Waals surface area contributed by atoms with Crippen molar-refractivity contribution < 1.29 is 4.74 Å². The standard InChI is InChI=1S/C20H34N4OS.HI/c1-3-21-20(22-14-17(2)13-19-5-4-12-26-19)24-7-6-18(16-24)15-23-8-10-25-11-9-23;/h4-5,12,17-18H,3,6-11,13-16H2,1-2H3,(H,21,22);1H. The molecule has 3 heterocycles. The molecule has 3 rings (SSSR count). The predicted octanol–water partition coefficient (Wildman–Crippen LogP) is 3.16. The zero-order valence-corrected chi connectivity index (χ0v) is 19.9. The van der Waals surface area contributed by atoms with E-state index in [4.69, 9.17) is 9.73 Å². The van der Waals surface area contributed by atoms with Crippen LogP contribution in [0.1, 0.15) is 25.1 Å². The Morgan fingerprint density at radius 2 is 2.19 bits per heavy atom. The molecule has 1 aromatic heterocycles. The molecule has 1 aromatic rings. The van der Waals surface area contributed by atoms with Crippen LogP contribution < -0.4 is 5.32 Å². The van der Waals surface area contributed by atoms with Crippen molar-refractivity contribution in [3.05, 3.63) is 22.4 Å². The molecule has 1 N–H and O–H groups in total. The van der Waals surface area contributed by atoms with E-state index in [9.17, 15) is 0 Å². The van der Waals surface area contributed by atoms with E-state index in [0.717, 1.165) is 70.8 Å². The number of hydrogen-bond donors (Lipinski definition) is 1. The van der Waals surface area contributed by atoms with Crippen LogP contribution in [-0.2, 0) is 11.2 Å². The Balaban J connectivity index is 0.00000261. The van der Waals surface area contributed by atoms with E-state index in [-0.39, 0.29) is 24.0 Å². The van der Waals surface area contributed by atoms with Gasteiger partial charge in [0.1, 0.15) is 0 Å². The number of likely N-dealkylation sites (tertiary alicyclic amines) is 1. The third-order valence-electron chi connectivity index (χ3n) is 5.22. The zero-order chi connectivity index (χ0) is 18.2. The number of ether oxygens (including phenoxy) is 1. The van der Waals surface area contributed by atoms with E-state index < -0.39 is 0 Å². The topological polar surface area (TPSA) is 40.1 Å². The first kappa shape index (κ1) is 22.9. The van der Waals surface area contributed by atoms with Crippen LogP contribution in [0.25, 0.3) is 0 Å². The number of aliphatic imine (C=N–C) groups is 1. The molecule has 2 fully saturated rings. The molecule has 2 aliphatic heterocycles. The van der Waals surface area contributed by atoms with Gasteiger partial charge in [0.25, 0.3) is 0 Å². The molecule has 27 heavy (non-hydrogen) atoms. The van der Waals surface area contributed by atoms with E-state index in [1.165, 1.54) is 17.8 Å². The first-order valence-electron chi connectivity index (χ1n) is 10.1. The Hall–Kier alpha value is -0.380. The fraction of sp³-hybridized carbons (Fsp3) is 0.750. The van der Waals surface area contributed by atoms with Crippen LogP contribution in [0, 0.1) is 11.8 Å². The Kier molecular flexibility index (Phi) is 10.4. The molecule has 0 bridgehead atoms. The van der Waals surface area contributed by atoms with E-state index in [1.807, 2.05) is 11.3 Å². The highest BCUT2D eigenvalue weighted by Crippen LogP contribution is 2.19. The summed E-state index contributed by atoms with van der Waals surface area (Å²) in [7, 11) is 0. The first-order chi connectivity index (χ1) is 12.7. The third-order valence-corrected chi connectivity index (χ3v) is 6.12. The molecular weight excluding hydrogens is 471 g/mol. The summed E-state index contributed by atoms with van der Waals surface area (Å²) in [6.07, 6.45) is 2.40. The monoisotopic (exact) mass is 506 g/mol. The second-order valence-electron chi connectivity index (χ2n) is 7.60. The Morgan fingerprint density at radius 3 is 2.89 bits per heavy atom. The van der Waals surface area contributed by atoms with Crippen LogP contribution in [0.4, 0.5) is 0 Å². The number of hydrogen-bond acceptors (Lipinski definition) is 4. The van der Waals surface area contributed by atoms with Crippen LogP contribution in [0.5, 0.6) is 0 Å². The van der Waals surface area contributed by atoms with Gasteiger partial charge in [0.15, 0.2) is 5.96 Å². The predicted molar refractivity (Wildman–Crippen MR) is 126 cm³/mol. The van der Waals surface area contributed by atoms with Gasteiger partial charge in [-0.2, -0.15) is 0 Å². The highest BCUT2D eigenvalue weighted by atomic mass is 127. The van der Waals surface area contributed by atoms with Gasteiger partial charge in [-0.3, -0.25) is 9.89 Å². The highest BCUT2D eigenvalue weighted by molar-refractivity contribution is 14.0. The molecule has 0 aliphatic carbocycles. The van der Waals surface area contributed by atoms with E-state index in [1.54, 1.807) is 0 Å². The SMILES string of the molecule is CCNC(=NCC(C)Cc1cccs1)N1CCC(CN2CCOCC2)C1.I. The summed E-state index contributed by atoms with van der Waals surface area (Å²) in [5.74, 6) is 2.43. The van der Waals surface area contributed by atoms with Crippen molar-refractivity contribution in [1.82, 2.24) is 15.1 Å². The Bertz CT molecular complexity index is 548. The van der Waals surface area contributed by atoms with Crippen LogP contribution in [0.2, 0.25) is 0 Å². The lowest BCUT2D eigenvalue weighted by atomic mass is 10.1. The van der Waals surface area contributed by atoms with Crippen LogP contribution in [0.15, 0.2) is 22.5 Å². The third kappa shape index (κ3) is 7.51. The number of rotatable bonds is 7. The van der Waals surface area contributed by atoms with Gasteiger partial charge in [-0.25, -0.2) is 0 Å². The summed E-state index contributed by atoms with van der Waals surface area (Å²) < 4.78 is 5.47. The zero-order valence-electron chi connectivity index (χ0n) is 16.7. The van der Waals surface area contributed by atoms with Gasteiger partial charge in [-0.1, -0.05) is 13.0 Å². The van der Waals surface area contributed by atoms with Crippen molar-refractivity contribution in [2.45, 2.75) is 26.7 Å². The van der Waals surface area contributed by atoms with Crippen molar-refractivity contribution >= 4 is 41.3 Å². The van der Waals surface area contributed by atoms with Gasteiger partial charge in [-0.15, -0.1) is 35.3 Å². The summed E-state index contributed by atoms with van der Waals surface area (Å²) in [6, 6.07) is 4.37. The summed E-state index contributed by atoms with van der Waals surface area (Å²) in [4.78, 5) is 11.4. The second-order valence-corrected chi connectivity index (χ2v) is 8.63. The maximum atomic E-state index is 5.47. The molecule has 0 aromatic carbocycles. The van der Waals surface area contributed by atoms with Crippen molar-refractivity contribution in [2.75, 3.05) is 59.0 Å². The Labute approximate surface area is 185 Å². The van der Waals surface area contributed by atoms with Gasteiger partial charge in [0.05, 0.1) is 13.2 Å². The molecular formula is C20H35IN4OS. The van der Waals surface area contributed by atoms with E-state index in [0.29, 0.717) is 5.92 Å². The van der Waals surface area contributed by atoms with Gasteiger partial charge >= 0.3 is 0 Å². The summed E-state index contributed by atoms with van der Waals surface area (Å²) in [5.41, 5.74) is 0. The lowest BCUT2D eigenvalue weighted by Crippen LogP contribution is -2.42. The molecule has 2 unspecified atom stereocenters.